The molecule has 0 amide bonds. The molecule has 4 heteroatoms. The van der Waals surface area contributed by atoms with E-state index in [1.807, 2.05) is 25.1 Å². The monoisotopic (exact) mass is 302 g/mol. The van der Waals surface area contributed by atoms with E-state index < -0.39 is 6.10 Å². The molecule has 0 saturated heterocycles. The predicted octanol–water partition coefficient (Wildman–Crippen LogP) is 2.79. The Kier molecular flexibility index (Phi) is 6.55. The average Bonchev–Trinajstić information content (AvgIpc) is 2.32. The lowest BCUT2D eigenvalue weighted by Gasteiger charge is -2.13. The summed E-state index contributed by atoms with van der Waals surface area (Å²) in [5.41, 5.74) is 1.02. The smallest absolute Gasteiger partial charge is 0.119 e. The predicted molar refractivity (Wildman–Crippen MR) is 71.5 cm³/mol. The minimum atomic E-state index is -0.482. The number of rotatable bonds is 7. The molecule has 0 saturated carbocycles. The number of hydrogen-bond donors (Lipinski definition) is 1. The number of methoxy groups -OCH3 is 1. The van der Waals surface area contributed by atoms with Gasteiger partial charge < -0.3 is 14.6 Å². The highest BCUT2D eigenvalue weighted by atomic mass is 79.9. The number of hydrogen-bond acceptors (Lipinski definition) is 3. The van der Waals surface area contributed by atoms with Gasteiger partial charge in [0.1, 0.15) is 5.75 Å². The van der Waals surface area contributed by atoms with Gasteiger partial charge in [0, 0.05) is 17.5 Å². The van der Waals surface area contributed by atoms with Gasteiger partial charge in [-0.3, -0.25) is 0 Å². The number of ether oxygens (including phenoxy) is 2. The van der Waals surface area contributed by atoms with E-state index in [9.17, 15) is 5.11 Å². The van der Waals surface area contributed by atoms with E-state index in [0.717, 1.165) is 22.2 Å². The third-order valence-electron chi connectivity index (χ3n) is 2.37. The zero-order valence-electron chi connectivity index (χ0n) is 10.3. The molecular weight excluding hydrogens is 284 g/mol. The van der Waals surface area contributed by atoms with Crippen LogP contribution in [-0.4, -0.2) is 31.5 Å². The average molecular weight is 303 g/mol. The van der Waals surface area contributed by atoms with Gasteiger partial charge in [0.15, 0.2) is 0 Å². The molecule has 3 nitrogen and oxygen atoms in total. The molecular formula is C13H19BrO3. The molecule has 0 aliphatic heterocycles. The van der Waals surface area contributed by atoms with Crippen LogP contribution in [0.1, 0.15) is 18.9 Å². The Labute approximate surface area is 111 Å². The first kappa shape index (κ1) is 14.5. The van der Waals surface area contributed by atoms with E-state index in [-0.39, 0.29) is 0 Å². The molecule has 17 heavy (non-hydrogen) atoms. The summed E-state index contributed by atoms with van der Waals surface area (Å²) < 4.78 is 11.5. The van der Waals surface area contributed by atoms with Crippen molar-refractivity contribution >= 4 is 15.9 Å². The standard InChI is InChI=1S/C13H19BrO3/c1-3-6-17-9-11(15)7-10-8-12(16-2)4-5-13(10)14/h4-5,8,11,15H,3,6-7,9H2,1-2H3. The lowest BCUT2D eigenvalue weighted by atomic mass is 10.1. The van der Waals surface area contributed by atoms with Crippen molar-refractivity contribution < 1.29 is 14.6 Å². The van der Waals surface area contributed by atoms with E-state index in [1.54, 1.807) is 7.11 Å². The van der Waals surface area contributed by atoms with Crippen molar-refractivity contribution in [2.24, 2.45) is 0 Å². The van der Waals surface area contributed by atoms with Crippen molar-refractivity contribution in [1.82, 2.24) is 0 Å². The van der Waals surface area contributed by atoms with E-state index in [1.165, 1.54) is 0 Å². The zero-order chi connectivity index (χ0) is 12.7. The first-order valence-corrected chi connectivity index (χ1v) is 6.55. The first-order chi connectivity index (χ1) is 8.17. The van der Waals surface area contributed by atoms with Gasteiger partial charge in [-0.15, -0.1) is 0 Å². The van der Waals surface area contributed by atoms with E-state index >= 15 is 0 Å². The molecule has 1 atom stereocenters. The highest BCUT2D eigenvalue weighted by Crippen LogP contribution is 2.23. The number of aliphatic hydroxyl groups is 1. The fourth-order valence-electron chi connectivity index (χ4n) is 1.51. The molecule has 96 valence electrons. The fourth-order valence-corrected chi connectivity index (χ4v) is 1.92. The van der Waals surface area contributed by atoms with E-state index in [4.69, 9.17) is 9.47 Å². The summed E-state index contributed by atoms with van der Waals surface area (Å²) >= 11 is 3.46. The normalized spacial score (nSPS) is 12.5. The maximum Gasteiger partial charge on any atom is 0.119 e. The summed E-state index contributed by atoms with van der Waals surface area (Å²) in [7, 11) is 1.63. The molecule has 1 unspecified atom stereocenters. The maximum atomic E-state index is 9.83. The van der Waals surface area contributed by atoms with Gasteiger partial charge in [0.2, 0.25) is 0 Å². The Morgan fingerprint density at radius 3 is 2.82 bits per heavy atom. The van der Waals surface area contributed by atoms with Crippen LogP contribution in [-0.2, 0) is 11.2 Å². The summed E-state index contributed by atoms with van der Waals surface area (Å²) in [5.74, 6) is 0.796. The molecule has 0 aromatic heterocycles. The Morgan fingerprint density at radius 1 is 1.41 bits per heavy atom. The van der Waals surface area contributed by atoms with Crippen LogP contribution in [0.5, 0.6) is 5.75 Å². The third-order valence-corrected chi connectivity index (χ3v) is 3.14. The minimum Gasteiger partial charge on any atom is -0.497 e. The van der Waals surface area contributed by atoms with Crippen LogP contribution < -0.4 is 4.74 Å². The molecule has 1 aromatic rings. The molecule has 0 heterocycles. The lowest BCUT2D eigenvalue weighted by molar-refractivity contribution is 0.0373. The molecule has 1 rings (SSSR count). The highest BCUT2D eigenvalue weighted by molar-refractivity contribution is 9.10. The Hall–Kier alpha value is -0.580. The molecule has 0 aliphatic carbocycles. The summed E-state index contributed by atoms with van der Waals surface area (Å²) in [6, 6.07) is 5.73. The minimum absolute atomic E-state index is 0.373. The van der Waals surface area contributed by atoms with Crippen molar-refractivity contribution in [2.75, 3.05) is 20.3 Å². The number of benzene rings is 1. The number of halogens is 1. The second-order valence-corrected chi connectivity index (χ2v) is 4.74. The van der Waals surface area contributed by atoms with Crippen molar-refractivity contribution in [3.8, 4) is 5.75 Å². The van der Waals surface area contributed by atoms with Crippen molar-refractivity contribution in [3.63, 3.8) is 0 Å². The van der Waals surface area contributed by atoms with Crippen LogP contribution in [0.4, 0.5) is 0 Å². The topological polar surface area (TPSA) is 38.7 Å². The van der Waals surface area contributed by atoms with Gasteiger partial charge in [-0.25, -0.2) is 0 Å². The van der Waals surface area contributed by atoms with Crippen LogP contribution >= 0.6 is 15.9 Å². The van der Waals surface area contributed by atoms with Crippen molar-refractivity contribution in [1.29, 1.82) is 0 Å². The highest BCUT2D eigenvalue weighted by Gasteiger charge is 2.09. The Morgan fingerprint density at radius 2 is 2.18 bits per heavy atom. The maximum absolute atomic E-state index is 9.83. The molecule has 0 radical (unpaired) electrons. The second-order valence-electron chi connectivity index (χ2n) is 3.89. The van der Waals surface area contributed by atoms with Gasteiger partial charge in [0.05, 0.1) is 19.8 Å². The lowest BCUT2D eigenvalue weighted by Crippen LogP contribution is -2.18. The van der Waals surface area contributed by atoms with E-state index in [0.29, 0.717) is 19.6 Å². The van der Waals surface area contributed by atoms with Crippen LogP contribution in [0, 0.1) is 0 Å². The summed E-state index contributed by atoms with van der Waals surface area (Å²) in [6.45, 7) is 3.11. The third kappa shape index (κ3) is 5.06. The zero-order valence-corrected chi connectivity index (χ0v) is 11.9. The van der Waals surface area contributed by atoms with Crippen LogP contribution in [0.3, 0.4) is 0 Å². The molecule has 1 N–H and O–H groups in total. The molecule has 1 aromatic carbocycles. The summed E-state index contributed by atoms with van der Waals surface area (Å²) in [5, 5.41) is 9.83. The molecule has 0 bridgehead atoms. The van der Waals surface area contributed by atoms with E-state index in [2.05, 4.69) is 15.9 Å². The quantitative estimate of drug-likeness (QED) is 0.787. The SMILES string of the molecule is CCCOCC(O)Cc1cc(OC)ccc1Br. The molecule has 0 spiro atoms. The van der Waals surface area contributed by atoms with Crippen molar-refractivity contribution in [2.45, 2.75) is 25.9 Å². The first-order valence-electron chi connectivity index (χ1n) is 5.75. The molecule has 0 fully saturated rings. The number of aliphatic hydroxyl groups excluding tert-OH is 1. The van der Waals surface area contributed by atoms with Crippen LogP contribution in [0.15, 0.2) is 22.7 Å². The summed E-state index contributed by atoms with van der Waals surface area (Å²) in [6.07, 6.45) is 1.04. The van der Waals surface area contributed by atoms with Crippen LogP contribution in [0.2, 0.25) is 0 Å². The Balaban J connectivity index is 2.54. The van der Waals surface area contributed by atoms with Gasteiger partial charge in [0.25, 0.3) is 0 Å². The van der Waals surface area contributed by atoms with Gasteiger partial charge in [-0.2, -0.15) is 0 Å². The van der Waals surface area contributed by atoms with Crippen molar-refractivity contribution in [3.05, 3.63) is 28.2 Å². The molecule has 0 aliphatic rings. The van der Waals surface area contributed by atoms with Gasteiger partial charge >= 0.3 is 0 Å². The van der Waals surface area contributed by atoms with Gasteiger partial charge in [-0.05, 0) is 30.2 Å². The summed E-state index contributed by atoms with van der Waals surface area (Å²) in [4.78, 5) is 0. The second kappa shape index (κ2) is 7.69. The fraction of sp³-hybridized carbons (Fsp3) is 0.538. The van der Waals surface area contributed by atoms with Gasteiger partial charge in [-0.1, -0.05) is 22.9 Å². The van der Waals surface area contributed by atoms with Crippen LogP contribution in [0.25, 0.3) is 0 Å². The Bertz CT molecular complexity index is 341. The largest absolute Gasteiger partial charge is 0.497 e.